The number of hydrogen-bond donors (Lipinski definition) is 2. The molecule has 0 spiro atoms. The van der Waals surface area contributed by atoms with E-state index in [1.165, 1.54) is 5.57 Å². The quantitative estimate of drug-likeness (QED) is 0.219. The molecule has 18 atom stereocenters. The van der Waals surface area contributed by atoms with Crippen LogP contribution in [0.1, 0.15) is 98.3 Å². The van der Waals surface area contributed by atoms with Crippen LogP contribution in [0.4, 0.5) is 0 Å². The van der Waals surface area contributed by atoms with Crippen LogP contribution in [0.2, 0.25) is 0 Å². The minimum Gasteiger partial charge on any atom is -0.394 e. The molecule has 2 unspecified atom stereocenters. The second-order valence-electron chi connectivity index (χ2n) is 16.6. The molecule has 8 saturated heterocycles. The maximum absolute atomic E-state index is 10.1. The van der Waals surface area contributed by atoms with E-state index in [-0.39, 0.29) is 85.8 Å². The van der Waals surface area contributed by atoms with Crippen LogP contribution in [0.15, 0.2) is 37.0 Å². The van der Waals surface area contributed by atoms with Gasteiger partial charge >= 0.3 is 0 Å². The molecule has 0 aliphatic carbocycles. The largest absolute Gasteiger partial charge is 0.394 e. The lowest BCUT2D eigenvalue weighted by atomic mass is 9.80. The molecule has 8 rings (SSSR count). The van der Waals surface area contributed by atoms with Gasteiger partial charge < -0.3 is 43.4 Å². The van der Waals surface area contributed by atoms with Crippen molar-refractivity contribution in [3.63, 3.8) is 0 Å². The van der Waals surface area contributed by atoms with Crippen molar-refractivity contribution in [3.05, 3.63) is 37.0 Å². The predicted molar refractivity (Wildman–Crippen MR) is 185 cm³/mol. The summed E-state index contributed by atoms with van der Waals surface area (Å²) in [6.45, 7) is 21.5. The van der Waals surface area contributed by atoms with Gasteiger partial charge in [-0.15, -0.1) is 6.58 Å². The lowest BCUT2D eigenvalue weighted by molar-refractivity contribution is -0.262. The first-order valence-corrected chi connectivity index (χ1v) is 19.4. The molecule has 8 heterocycles. The van der Waals surface area contributed by atoms with Gasteiger partial charge in [-0.3, -0.25) is 0 Å². The van der Waals surface area contributed by atoms with Gasteiger partial charge in [0.25, 0.3) is 0 Å². The minimum atomic E-state index is -0.747. The second-order valence-corrected chi connectivity index (χ2v) is 16.6. The van der Waals surface area contributed by atoms with Crippen molar-refractivity contribution in [3.8, 4) is 0 Å². The van der Waals surface area contributed by atoms with Gasteiger partial charge in [0.05, 0.1) is 67.6 Å². The lowest BCUT2D eigenvalue weighted by Crippen LogP contribution is -2.54. The maximum Gasteiger partial charge on any atom is 0.172 e. The number of rotatable bonds is 14. The van der Waals surface area contributed by atoms with Gasteiger partial charge in [0, 0.05) is 31.6 Å². The van der Waals surface area contributed by atoms with Crippen molar-refractivity contribution in [1.82, 2.24) is 0 Å². The molecule has 49 heavy (non-hydrogen) atoms. The Balaban J connectivity index is 0.908. The lowest BCUT2D eigenvalue weighted by Gasteiger charge is -2.42. The predicted octanol–water partition coefficient (Wildman–Crippen LogP) is 5.80. The van der Waals surface area contributed by atoms with E-state index in [0.717, 1.165) is 69.8 Å². The van der Waals surface area contributed by atoms with Crippen LogP contribution in [-0.4, -0.2) is 102 Å². The van der Waals surface area contributed by atoms with Crippen molar-refractivity contribution in [2.24, 2.45) is 23.7 Å². The first-order valence-electron chi connectivity index (χ1n) is 19.4. The van der Waals surface area contributed by atoms with Gasteiger partial charge in [0.1, 0.15) is 18.3 Å². The Hall–Kier alpha value is -1.14. The zero-order valence-electron chi connectivity index (χ0n) is 30.3. The standard InChI is InChI=1S/C40H62O9/c1-8-10-31-25(7)36-38-39(46-31)37-35(47-38)19-40(48-36,49-37)14-13-28-16-22(4)30(43-28)12-11-27-15-21(3)23(5)33(44-27)18-34-29(9-2)24(6)32(45-34)17-26(42)20-41/h8,21,24-39,41-42H,1,4-5,9-20H2,2-3,6-7H3/t21-,24-,25+,26+,27+,28+,29-,30?,31+,32-,33-,34?,35-,36+,37+,38+,39+,40-/m1/s1. The third-order valence-electron chi connectivity index (χ3n) is 13.4. The minimum absolute atomic E-state index is 0.0248. The fraction of sp³-hybridized carbons (Fsp3) is 0.850. The first-order chi connectivity index (χ1) is 23.5. The summed E-state index contributed by atoms with van der Waals surface area (Å²) in [7, 11) is 0. The molecule has 6 bridgehead atoms. The Bertz CT molecular complexity index is 1210. The first kappa shape index (κ1) is 36.2. The molecule has 0 amide bonds. The Morgan fingerprint density at radius 1 is 0.857 bits per heavy atom. The zero-order chi connectivity index (χ0) is 34.6. The average molecular weight is 687 g/mol. The maximum atomic E-state index is 10.1. The third-order valence-corrected chi connectivity index (χ3v) is 13.4. The Morgan fingerprint density at radius 3 is 2.37 bits per heavy atom. The average Bonchev–Trinajstić information content (AvgIpc) is 3.74. The highest BCUT2D eigenvalue weighted by Crippen LogP contribution is 2.54. The molecule has 2 N–H and O–H groups in total. The highest BCUT2D eigenvalue weighted by atomic mass is 16.8. The molecule has 276 valence electrons. The summed E-state index contributed by atoms with van der Waals surface area (Å²) >= 11 is 0. The summed E-state index contributed by atoms with van der Waals surface area (Å²) in [5.74, 6) is 0.644. The molecular formula is C40H62O9. The zero-order valence-corrected chi connectivity index (χ0v) is 30.3. The molecule has 8 aliphatic rings. The smallest absolute Gasteiger partial charge is 0.172 e. The number of aliphatic hydroxyl groups is 2. The highest BCUT2D eigenvalue weighted by molar-refractivity contribution is 5.14. The van der Waals surface area contributed by atoms with Crippen LogP contribution in [0.3, 0.4) is 0 Å². The van der Waals surface area contributed by atoms with E-state index in [1.54, 1.807) is 0 Å². The normalized spacial score (nSPS) is 49.5. The molecule has 0 aromatic carbocycles. The molecule has 0 aromatic heterocycles. The van der Waals surface area contributed by atoms with Crippen molar-refractivity contribution < 1.29 is 43.4 Å². The molecule has 8 fully saturated rings. The Labute approximate surface area is 293 Å². The Kier molecular flexibility index (Phi) is 10.9. The van der Waals surface area contributed by atoms with E-state index in [2.05, 4.69) is 47.4 Å². The van der Waals surface area contributed by atoms with Crippen LogP contribution >= 0.6 is 0 Å². The van der Waals surface area contributed by atoms with Crippen LogP contribution in [-0.2, 0) is 33.2 Å². The summed E-state index contributed by atoms with van der Waals surface area (Å²) < 4.78 is 46.5. The number of hydrogen-bond acceptors (Lipinski definition) is 9. The van der Waals surface area contributed by atoms with Crippen LogP contribution < -0.4 is 0 Å². The monoisotopic (exact) mass is 686 g/mol. The number of ether oxygens (including phenoxy) is 7. The van der Waals surface area contributed by atoms with Gasteiger partial charge in [-0.25, -0.2) is 0 Å². The van der Waals surface area contributed by atoms with Crippen LogP contribution in [0, 0.1) is 23.7 Å². The van der Waals surface area contributed by atoms with E-state index in [0.29, 0.717) is 24.2 Å². The SMILES string of the molecule is C=CC[C@@H]1O[C@@H]2[C@H]3O[C@@H]4C[C@@](CC[C@H]5CC(=C)C(CC[C@H]6C[C@@H](C)C(=C)[C@@H](CC7O[C@H](C[C@H](O)CO)[C@H](C)[C@H]7CC)O6)O5)(O[C@H]24)O[C@H]3[C@H]1C. The van der Waals surface area contributed by atoms with E-state index < -0.39 is 11.9 Å². The summed E-state index contributed by atoms with van der Waals surface area (Å²) in [5, 5.41) is 19.5. The van der Waals surface area contributed by atoms with Gasteiger partial charge in [0.15, 0.2) is 5.79 Å². The van der Waals surface area contributed by atoms with Crippen LogP contribution in [0.5, 0.6) is 0 Å². The molecule has 8 aliphatic heterocycles. The van der Waals surface area contributed by atoms with E-state index in [9.17, 15) is 10.2 Å². The van der Waals surface area contributed by atoms with Gasteiger partial charge in [-0.05, 0) is 67.4 Å². The van der Waals surface area contributed by atoms with Gasteiger partial charge in [0.2, 0.25) is 0 Å². The molecule has 9 nitrogen and oxygen atoms in total. The molecule has 0 saturated carbocycles. The Morgan fingerprint density at radius 2 is 1.61 bits per heavy atom. The van der Waals surface area contributed by atoms with Crippen molar-refractivity contribution in [1.29, 1.82) is 0 Å². The third kappa shape index (κ3) is 7.03. The summed E-state index contributed by atoms with van der Waals surface area (Å²) in [4.78, 5) is 0. The van der Waals surface area contributed by atoms with Crippen LogP contribution in [0.25, 0.3) is 0 Å². The van der Waals surface area contributed by atoms with Gasteiger partial charge in [-0.1, -0.05) is 53.3 Å². The highest BCUT2D eigenvalue weighted by Gasteiger charge is 2.67. The van der Waals surface area contributed by atoms with E-state index in [4.69, 9.17) is 33.2 Å². The summed E-state index contributed by atoms with van der Waals surface area (Å²) in [5.41, 5.74) is 2.33. The molecule has 0 radical (unpaired) electrons. The molecular weight excluding hydrogens is 624 g/mol. The fourth-order valence-corrected chi connectivity index (χ4v) is 10.4. The second kappa shape index (κ2) is 14.7. The number of aliphatic hydroxyl groups excluding tert-OH is 2. The topological polar surface area (TPSA) is 105 Å². The molecule has 9 heteroatoms. The fourth-order valence-electron chi connectivity index (χ4n) is 10.4. The van der Waals surface area contributed by atoms with E-state index >= 15 is 0 Å². The van der Waals surface area contributed by atoms with E-state index in [1.807, 2.05) is 6.08 Å². The van der Waals surface area contributed by atoms with Crippen molar-refractivity contribution in [2.45, 2.75) is 183 Å². The van der Waals surface area contributed by atoms with Crippen molar-refractivity contribution in [2.75, 3.05) is 6.61 Å². The molecule has 0 aromatic rings. The van der Waals surface area contributed by atoms with Crippen molar-refractivity contribution >= 4 is 0 Å². The summed E-state index contributed by atoms with van der Waals surface area (Å²) in [6, 6.07) is 0. The van der Waals surface area contributed by atoms with Gasteiger partial charge in [-0.2, -0.15) is 0 Å². The summed E-state index contributed by atoms with van der Waals surface area (Å²) in [6.07, 6.45) is 10.3.